The molecule has 4 nitrogen and oxygen atoms in total. The Bertz CT molecular complexity index is 1190. The number of benzene rings is 2. The Balaban J connectivity index is 1.71. The van der Waals surface area contributed by atoms with E-state index in [1.54, 1.807) is 36.7 Å². The van der Waals surface area contributed by atoms with Crippen LogP contribution in [0.4, 0.5) is 0 Å². The average Bonchev–Trinajstić information content (AvgIpc) is 3.07. The van der Waals surface area contributed by atoms with Gasteiger partial charge in [-0.25, -0.2) is 0 Å². The molecule has 2 aromatic heterocycles. The predicted molar refractivity (Wildman–Crippen MR) is 111 cm³/mol. The molecule has 0 bridgehead atoms. The van der Waals surface area contributed by atoms with Crippen molar-refractivity contribution in [2.45, 2.75) is 6.92 Å². The molecule has 0 aliphatic heterocycles. The van der Waals surface area contributed by atoms with Crippen LogP contribution < -0.4 is 0 Å². The number of rotatable bonds is 5. The van der Waals surface area contributed by atoms with E-state index in [9.17, 15) is 9.59 Å². The van der Waals surface area contributed by atoms with E-state index in [1.807, 2.05) is 55.5 Å². The summed E-state index contributed by atoms with van der Waals surface area (Å²) >= 11 is 0. The van der Waals surface area contributed by atoms with Gasteiger partial charge >= 0.3 is 0 Å². The van der Waals surface area contributed by atoms with Crippen molar-refractivity contribution in [1.82, 2.24) is 9.97 Å². The molecule has 1 N–H and O–H groups in total. The first-order chi connectivity index (χ1) is 13.6. The second-order valence-corrected chi connectivity index (χ2v) is 6.55. The number of carbonyl (C=O) groups is 2. The lowest BCUT2D eigenvalue weighted by atomic mass is 10.0. The van der Waals surface area contributed by atoms with Crippen LogP contribution in [0, 0.1) is 6.92 Å². The lowest BCUT2D eigenvalue weighted by Gasteiger charge is -2.02. The van der Waals surface area contributed by atoms with Crippen LogP contribution in [0.5, 0.6) is 0 Å². The number of nitrogens with zero attached hydrogens (tertiary/aromatic N) is 1. The summed E-state index contributed by atoms with van der Waals surface area (Å²) in [5, 5.41) is 0.915. The van der Waals surface area contributed by atoms with Crippen LogP contribution in [-0.4, -0.2) is 21.5 Å². The fourth-order valence-electron chi connectivity index (χ4n) is 3.23. The zero-order valence-electron chi connectivity index (χ0n) is 15.3. The Labute approximate surface area is 162 Å². The minimum atomic E-state index is -0.0901. The van der Waals surface area contributed by atoms with E-state index in [0.29, 0.717) is 16.7 Å². The predicted octanol–water partition coefficient (Wildman–Crippen LogP) is 5.00. The van der Waals surface area contributed by atoms with Gasteiger partial charge in [0.15, 0.2) is 11.6 Å². The highest BCUT2D eigenvalue weighted by Crippen LogP contribution is 2.26. The van der Waals surface area contributed by atoms with Gasteiger partial charge in [0, 0.05) is 51.2 Å². The fourth-order valence-corrected chi connectivity index (χ4v) is 3.23. The summed E-state index contributed by atoms with van der Waals surface area (Å²) in [6.07, 6.45) is 6.54. The zero-order valence-corrected chi connectivity index (χ0v) is 15.3. The summed E-state index contributed by atoms with van der Waals surface area (Å²) in [4.78, 5) is 32.4. The number of allylic oxidation sites excluding steroid dienone is 1. The molecule has 28 heavy (non-hydrogen) atoms. The molecule has 0 unspecified atom stereocenters. The molecule has 0 atom stereocenters. The van der Waals surface area contributed by atoms with Gasteiger partial charge in [-0.3, -0.25) is 14.6 Å². The van der Waals surface area contributed by atoms with Crippen LogP contribution in [0.15, 0.2) is 79.1 Å². The molecule has 4 heteroatoms. The van der Waals surface area contributed by atoms with Crippen molar-refractivity contribution in [2.24, 2.45) is 0 Å². The summed E-state index contributed by atoms with van der Waals surface area (Å²) in [6, 6.07) is 18.2. The minimum absolute atomic E-state index is 0.0239. The van der Waals surface area contributed by atoms with Crippen LogP contribution in [-0.2, 0) is 0 Å². The van der Waals surface area contributed by atoms with Gasteiger partial charge in [0.05, 0.1) is 0 Å². The van der Waals surface area contributed by atoms with E-state index in [-0.39, 0.29) is 11.6 Å². The maximum absolute atomic E-state index is 12.8. The number of carbonyl (C=O) groups excluding carboxylic acids is 2. The minimum Gasteiger partial charge on any atom is -0.358 e. The maximum atomic E-state index is 12.8. The molecule has 0 fully saturated rings. The van der Waals surface area contributed by atoms with Crippen molar-refractivity contribution in [3.63, 3.8) is 0 Å². The first kappa shape index (κ1) is 17.6. The summed E-state index contributed by atoms with van der Waals surface area (Å²) < 4.78 is 0. The highest BCUT2D eigenvalue weighted by molar-refractivity contribution is 6.12. The number of hydrogen-bond donors (Lipinski definition) is 1. The van der Waals surface area contributed by atoms with Gasteiger partial charge in [0.2, 0.25) is 0 Å². The number of aryl methyl sites for hydroxylation is 1. The summed E-state index contributed by atoms with van der Waals surface area (Å²) in [7, 11) is 0. The molecule has 0 saturated carbocycles. The number of aromatic nitrogens is 2. The molecule has 4 aromatic rings. The molecule has 2 heterocycles. The lowest BCUT2D eigenvalue weighted by molar-refractivity contribution is 0.103. The Hall–Kier alpha value is -3.79. The summed E-state index contributed by atoms with van der Waals surface area (Å²) in [5.74, 6) is -0.114. The Morgan fingerprint density at radius 1 is 0.893 bits per heavy atom. The third-order valence-corrected chi connectivity index (χ3v) is 4.70. The quantitative estimate of drug-likeness (QED) is 0.399. The first-order valence-corrected chi connectivity index (χ1v) is 8.98. The van der Waals surface area contributed by atoms with Gasteiger partial charge in [0.25, 0.3) is 0 Å². The molecule has 0 spiro atoms. The van der Waals surface area contributed by atoms with Crippen molar-refractivity contribution >= 4 is 28.5 Å². The third kappa shape index (κ3) is 3.40. The number of nitrogens with one attached hydrogen (secondary N) is 1. The number of aromatic amines is 1. The van der Waals surface area contributed by atoms with Crippen molar-refractivity contribution in [3.8, 4) is 0 Å². The fraction of sp³-hybridized carbons (Fsp3) is 0.0417. The average molecular weight is 366 g/mol. The van der Waals surface area contributed by atoms with E-state index in [2.05, 4.69) is 9.97 Å². The first-order valence-electron chi connectivity index (χ1n) is 8.98. The number of hydrogen-bond acceptors (Lipinski definition) is 3. The van der Waals surface area contributed by atoms with E-state index in [0.717, 1.165) is 22.2 Å². The van der Waals surface area contributed by atoms with Crippen molar-refractivity contribution in [1.29, 1.82) is 0 Å². The SMILES string of the molecule is Cc1[nH]c2ccc(C(=O)c3ccccc3)cc2c1C=CC(=O)c1ccncc1. The number of ketones is 2. The smallest absolute Gasteiger partial charge is 0.193 e. The lowest BCUT2D eigenvalue weighted by Crippen LogP contribution is -2.00. The molecule has 0 saturated heterocycles. The van der Waals surface area contributed by atoms with E-state index in [4.69, 9.17) is 0 Å². The molecule has 0 radical (unpaired) electrons. The molecule has 2 aromatic carbocycles. The molecule has 0 aliphatic carbocycles. The second kappa shape index (κ2) is 7.45. The standard InChI is InChI=1S/C24H18N2O2/c1-16-20(8-10-23(27)17-11-13-25-14-12-17)21-15-19(7-9-22(21)26-16)24(28)18-5-3-2-4-6-18/h2-15,26H,1H3. The van der Waals surface area contributed by atoms with Crippen LogP contribution in [0.3, 0.4) is 0 Å². The van der Waals surface area contributed by atoms with Gasteiger partial charge in [-0.05, 0) is 49.4 Å². The largest absolute Gasteiger partial charge is 0.358 e. The van der Waals surface area contributed by atoms with Gasteiger partial charge in [-0.15, -0.1) is 0 Å². The molecule has 4 rings (SSSR count). The Morgan fingerprint density at radius 2 is 1.64 bits per heavy atom. The molecular weight excluding hydrogens is 348 g/mol. The number of fused-ring (bicyclic) bond motifs is 1. The Morgan fingerprint density at radius 3 is 2.39 bits per heavy atom. The van der Waals surface area contributed by atoms with Crippen molar-refractivity contribution in [3.05, 3.63) is 107 Å². The number of H-pyrrole nitrogens is 1. The van der Waals surface area contributed by atoms with Crippen LogP contribution in [0.2, 0.25) is 0 Å². The number of pyridine rings is 1. The van der Waals surface area contributed by atoms with Gasteiger partial charge in [0.1, 0.15) is 0 Å². The van der Waals surface area contributed by atoms with Gasteiger partial charge in [-0.1, -0.05) is 30.3 Å². The maximum Gasteiger partial charge on any atom is 0.193 e. The third-order valence-electron chi connectivity index (χ3n) is 4.70. The topological polar surface area (TPSA) is 62.8 Å². The molecule has 0 amide bonds. The summed E-state index contributed by atoms with van der Waals surface area (Å²) in [6.45, 7) is 1.95. The van der Waals surface area contributed by atoms with Crippen molar-refractivity contribution < 1.29 is 9.59 Å². The van der Waals surface area contributed by atoms with Gasteiger partial charge in [-0.2, -0.15) is 0 Å². The zero-order chi connectivity index (χ0) is 19.5. The highest BCUT2D eigenvalue weighted by Gasteiger charge is 2.13. The summed E-state index contributed by atoms with van der Waals surface area (Å²) in [5.41, 5.74) is 4.63. The second-order valence-electron chi connectivity index (χ2n) is 6.55. The monoisotopic (exact) mass is 366 g/mol. The van der Waals surface area contributed by atoms with E-state index in [1.165, 1.54) is 0 Å². The van der Waals surface area contributed by atoms with Crippen LogP contribution in [0.1, 0.15) is 37.5 Å². The van der Waals surface area contributed by atoms with E-state index < -0.39 is 0 Å². The van der Waals surface area contributed by atoms with Crippen molar-refractivity contribution in [2.75, 3.05) is 0 Å². The molecule has 0 aliphatic rings. The van der Waals surface area contributed by atoms with Crippen LogP contribution >= 0.6 is 0 Å². The normalized spacial score (nSPS) is 11.2. The van der Waals surface area contributed by atoms with Gasteiger partial charge < -0.3 is 4.98 Å². The highest BCUT2D eigenvalue weighted by atomic mass is 16.1. The molecule has 136 valence electrons. The van der Waals surface area contributed by atoms with E-state index >= 15 is 0 Å². The molecular formula is C24H18N2O2. The van der Waals surface area contributed by atoms with Crippen LogP contribution in [0.25, 0.3) is 17.0 Å². The Kier molecular flexibility index (Phi) is 4.68.